The largest absolute Gasteiger partial charge is 0.352 e. The minimum Gasteiger partial charge on any atom is -0.352 e. The lowest BCUT2D eigenvalue weighted by atomic mass is 9.95. The normalized spacial score (nSPS) is 9.54. The van der Waals surface area contributed by atoms with Crippen LogP contribution in [0.5, 0.6) is 0 Å². The number of amides is 2. The summed E-state index contributed by atoms with van der Waals surface area (Å²) < 4.78 is 0. The van der Waals surface area contributed by atoms with Gasteiger partial charge in [-0.1, -0.05) is 29.7 Å². The first-order valence-electron chi connectivity index (χ1n) is 4.06. The van der Waals surface area contributed by atoms with E-state index in [1.165, 1.54) is 0 Å². The van der Waals surface area contributed by atoms with Gasteiger partial charge in [0.25, 0.3) is 0 Å². The number of nitrogens with one attached hydrogen (secondary N) is 1. The fourth-order valence-corrected chi connectivity index (χ4v) is 1.01. The summed E-state index contributed by atoms with van der Waals surface area (Å²) in [7, 11) is 5.51. The van der Waals surface area contributed by atoms with Crippen molar-refractivity contribution in [3.8, 4) is 0 Å². The fraction of sp³-hybridized carbons (Fsp3) is 0.222. The molecule has 0 unspecified atom stereocenters. The molecule has 4 heteroatoms. The summed E-state index contributed by atoms with van der Waals surface area (Å²) in [6.45, 7) is 0.555. The number of carbonyl (C=O) groups is 1. The van der Waals surface area contributed by atoms with Crippen LogP contribution in [-0.4, -0.2) is 20.4 Å². The van der Waals surface area contributed by atoms with Gasteiger partial charge in [-0.15, -0.1) is 0 Å². The highest BCUT2D eigenvalue weighted by Gasteiger charge is 1.93. The number of hydrogen-bond donors (Lipinski definition) is 2. The van der Waals surface area contributed by atoms with Gasteiger partial charge in [-0.2, -0.15) is 0 Å². The molecule has 1 aromatic carbocycles. The summed E-state index contributed by atoms with van der Waals surface area (Å²) in [5.74, 6) is 0. The predicted octanol–water partition coefficient (Wildman–Crippen LogP) is -0.309. The molecule has 0 heterocycles. The highest BCUT2D eigenvalue weighted by Crippen LogP contribution is 1.96. The van der Waals surface area contributed by atoms with Crippen molar-refractivity contribution < 1.29 is 4.79 Å². The van der Waals surface area contributed by atoms with E-state index in [1.54, 1.807) is 0 Å². The summed E-state index contributed by atoms with van der Waals surface area (Å²) >= 11 is 0. The molecule has 0 aliphatic heterocycles. The van der Waals surface area contributed by atoms with Crippen molar-refractivity contribution in [3.05, 3.63) is 29.8 Å². The van der Waals surface area contributed by atoms with Crippen LogP contribution in [0, 0.1) is 0 Å². The maximum absolute atomic E-state index is 10.3. The summed E-state index contributed by atoms with van der Waals surface area (Å²) in [5, 5.41) is 2.52. The Balaban J connectivity index is 2.37. The van der Waals surface area contributed by atoms with Crippen molar-refractivity contribution in [2.24, 2.45) is 5.73 Å². The van der Waals surface area contributed by atoms with Crippen LogP contribution in [-0.2, 0) is 6.42 Å². The summed E-state index contributed by atoms with van der Waals surface area (Å²) in [4.78, 5) is 10.3. The topological polar surface area (TPSA) is 55.1 Å². The van der Waals surface area contributed by atoms with Crippen LogP contribution < -0.4 is 16.5 Å². The molecule has 0 spiro atoms. The van der Waals surface area contributed by atoms with E-state index in [9.17, 15) is 4.79 Å². The lowest BCUT2D eigenvalue weighted by Gasteiger charge is -2.02. The molecule has 3 N–H and O–H groups in total. The fourth-order valence-electron chi connectivity index (χ4n) is 1.01. The predicted molar refractivity (Wildman–Crippen MR) is 53.1 cm³/mol. The van der Waals surface area contributed by atoms with E-state index in [-0.39, 0.29) is 0 Å². The molecule has 0 aliphatic carbocycles. The number of rotatable bonds is 3. The van der Waals surface area contributed by atoms with Crippen molar-refractivity contribution >= 4 is 19.3 Å². The first kappa shape index (κ1) is 9.64. The highest BCUT2D eigenvalue weighted by molar-refractivity contribution is 6.32. The minimum atomic E-state index is -0.490. The standard InChI is InChI=1S/C9H11BN2O/c10-8-3-1-7(2-4-8)5-6-12-9(11)13/h1-4H,5-6H2,(H3,11,12,13). The van der Waals surface area contributed by atoms with Gasteiger partial charge >= 0.3 is 6.03 Å². The zero-order chi connectivity index (χ0) is 9.68. The lowest BCUT2D eigenvalue weighted by molar-refractivity contribution is 0.249. The number of urea groups is 1. The van der Waals surface area contributed by atoms with E-state index in [0.29, 0.717) is 6.54 Å². The average Bonchev–Trinajstić information content (AvgIpc) is 2.08. The Morgan fingerprint density at radius 1 is 1.38 bits per heavy atom. The molecular weight excluding hydrogens is 163 g/mol. The molecule has 13 heavy (non-hydrogen) atoms. The molecule has 0 fully saturated rings. The van der Waals surface area contributed by atoms with Crippen LogP contribution in [0.2, 0.25) is 0 Å². The van der Waals surface area contributed by atoms with E-state index in [0.717, 1.165) is 17.4 Å². The zero-order valence-corrected chi connectivity index (χ0v) is 7.29. The quantitative estimate of drug-likeness (QED) is 0.606. The molecule has 0 saturated heterocycles. The number of hydrogen-bond acceptors (Lipinski definition) is 1. The molecule has 0 saturated carbocycles. The van der Waals surface area contributed by atoms with Gasteiger partial charge in [-0.25, -0.2) is 4.79 Å². The first-order valence-corrected chi connectivity index (χ1v) is 4.06. The van der Waals surface area contributed by atoms with Gasteiger partial charge in [-0.3, -0.25) is 0 Å². The highest BCUT2D eigenvalue weighted by atomic mass is 16.2. The lowest BCUT2D eigenvalue weighted by Crippen LogP contribution is -2.30. The van der Waals surface area contributed by atoms with Crippen LogP contribution in [0.3, 0.4) is 0 Å². The van der Waals surface area contributed by atoms with Crippen molar-refractivity contribution in [2.75, 3.05) is 6.54 Å². The van der Waals surface area contributed by atoms with Crippen molar-refractivity contribution in [1.82, 2.24) is 5.32 Å². The molecule has 3 nitrogen and oxygen atoms in total. The average molecular weight is 174 g/mol. The summed E-state index contributed by atoms with van der Waals surface area (Å²) in [6, 6.07) is 7.03. The molecule has 0 atom stereocenters. The second-order valence-electron chi connectivity index (χ2n) is 2.78. The van der Waals surface area contributed by atoms with E-state index < -0.39 is 6.03 Å². The first-order chi connectivity index (χ1) is 6.18. The maximum atomic E-state index is 10.3. The SMILES string of the molecule is [B]c1ccc(CCNC(N)=O)cc1. The summed E-state index contributed by atoms with van der Waals surface area (Å²) in [5.41, 5.74) is 6.78. The maximum Gasteiger partial charge on any atom is 0.312 e. The molecule has 0 bridgehead atoms. The van der Waals surface area contributed by atoms with Crippen LogP contribution in [0.15, 0.2) is 24.3 Å². The molecule has 2 radical (unpaired) electrons. The molecule has 1 aromatic rings. The van der Waals surface area contributed by atoms with Gasteiger partial charge in [0, 0.05) is 6.54 Å². The Bertz CT molecular complexity index is 284. The Morgan fingerprint density at radius 2 is 2.00 bits per heavy atom. The zero-order valence-electron chi connectivity index (χ0n) is 7.29. The molecule has 0 aliphatic rings. The van der Waals surface area contributed by atoms with E-state index in [1.807, 2.05) is 24.3 Å². The number of benzene rings is 1. The third-order valence-electron chi connectivity index (χ3n) is 1.69. The third kappa shape index (κ3) is 3.65. The van der Waals surface area contributed by atoms with Gasteiger partial charge in [0.15, 0.2) is 0 Å². The van der Waals surface area contributed by atoms with Gasteiger partial charge in [0.05, 0.1) is 0 Å². The molecule has 66 valence electrons. The Hall–Kier alpha value is -1.45. The van der Waals surface area contributed by atoms with Crippen LogP contribution >= 0.6 is 0 Å². The van der Waals surface area contributed by atoms with Gasteiger partial charge in [-0.05, 0) is 12.0 Å². The third-order valence-corrected chi connectivity index (χ3v) is 1.69. The Kier molecular flexibility index (Phi) is 3.37. The van der Waals surface area contributed by atoms with Crippen LogP contribution in [0.25, 0.3) is 0 Å². The van der Waals surface area contributed by atoms with Crippen molar-refractivity contribution in [3.63, 3.8) is 0 Å². The molecule has 1 rings (SSSR count). The van der Waals surface area contributed by atoms with E-state index in [2.05, 4.69) is 5.32 Å². The van der Waals surface area contributed by atoms with Crippen molar-refractivity contribution in [2.45, 2.75) is 6.42 Å². The van der Waals surface area contributed by atoms with Gasteiger partial charge in [0.2, 0.25) is 0 Å². The van der Waals surface area contributed by atoms with Gasteiger partial charge < -0.3 is 11.1 Å². The van der Waals surface area contributed by atoms with E-state index >= 15 is 0 Å². The second kappa shape index (κ2) is 4.55. The van der Waals surface area contributed by atoms with E-state index in [4.69, 9.17) is 13.6 Å². The number of primary amides is 1. The molecule has 0 aromatic heterocycles. The second-order valence-corrected chi connectivity index (χ2v) is 2.78. The smallest absolute Gasteiger partial charge is 0.312 e. The summed E-state index contributed by atoms with van der Waals surface area (Å²) in [6.07, 6.45) is 0.767. The monoisotopic (exact) mass is 174 g/mol. The molecular formula is C9H11BN2O. The van der Waals surface area contributed by atoms with Crippen molar-refractivity contribution in [1.29, 1.82) is 0 Å². The van der Waals surface area contributed by atoms with Gasteiger partial charge in [0.1, 0.15) is 7.85 Å². The Labute approximate surface area is 78.7 Å². The number of carbonyl (C=O) groups excluding carboxylic acids is 1. The number of nitrogens with two attached hydrogens (primary N) is 1. The van der Waals surface area contributed by atoms with Crippen LogP contribution in [0.1, 0.15) is 5.56 Å². The Morgan fingerprint density at radius 3 is 2.54 bits per heavy atom. The minimum absolute atomic E-state index is 0.490. The van der Waals surface area contributed by atoms with Crippen LogP contribution in [0.4, 0.5) is 4.79 Å². The molecule has 2 amide bonds.